The third-order valence-electron chi connectivity index (χ3n) is 4.04. The van der Waals surface area contributed by atoms with Gasteiger partial charge in [-0.25, -0.2) is 4.79 Å². The summed E-state index contributed by atoms with van der Waals surface area (Å²) in [7, 11) is 1.81. The van der Waals surface area contributed by atoms with Gasteiger partial charge in [0.15, 0.2) is 6.61 Å². The summed E-state index contributed by atoms with van der Waals surface area (Å²) in [6.07, 6.45) is 1.58. The Balaban J connectivity index is 2.54. The summed E-state index contributed by atoms with van der Waals surface area (Å²) < 4.78 is 5.09. The van der Waals surface area contributed by atoms with E-state index in [0.717, 1.165) is 12.0 Å². The normalized spacial score (nSPS) is 12.0. The van der Waals surface area contributed by atoms with Crippen molar-refractivity contribution < 1.29 is 19.4 Å². The van der Waals surface area contributed by atoms with Gasteiger partial charge < -0.3 is 14.7 Å². The van der Waals surface area contributed by atoms with Gasteiger partial charge in [0, 0.05) is 20.0 Å². The third kappa shape index (κ3) is 6.72. The fourth-order valence-corrected chi connectivity index (χ4v) is 2.43. The number of rotatable bonds is 9. The standard InChI is InChI=1S/C18H27NO4/c1-5-15(13(2)3)10-17(20)19(4)11-14-6-8-16(9-7-14)23-12-18(21)22/h6-9,13,15H,5,10-12H2,1-4H3,(H,21,22). The van der Waals surface area contributed by atoms with Crippen molar-refractivity contribution in [2.45, 2.75) is 40.2 Å². The van der Waals surface area contributed by atoms with Gasteiger partial charge in [-0.15, -0.1) is 0 Å². The van der Waals surface area contributed by atoms with Gasteiger partial charge in [0.05, 0.1) is 0 Å². The minimum atomic E-state index is -1.00. The van der Waals surface area contributed by atoms with Crippen molar-refractivity contribution in [1.29, 1.82) is 0 Å². The number of benzene rings is 1. The molecule has 0 aliphatic heterocycles. The molecule has 0 aliphatic rings. The second-order valence-corrected chi connectivity index (χ2v) is 6.19. The van der Waals surface area contributed by atoms with Crippen LogP contribution >= 0.6 is 0 Å². The number of amides is 1. The number of ether oxygens (including phenoxy) is 1. The van der Waals surface area contributed by atoms with Gasteiger partial charge in [-0.05, 0) is 29.5 Å². The topological polar surface area (TPSA) is 66.8 Å². The van der Waals surface area contributed by atoms with Crippen molar-refractivity contribution in [3.63, 3.8) is 0 Å². The minimum absolute atomic E-state index is 0.150. The Morgan fingerprint density at radius 2 is 1.83 bits per heavy atom. The van der Waals surface area contributed by atoms with Gasteiger partial charge in [-0.1, -0.05) is 39.3 Å². The minimum Gasteiger partial charge on any atom is -0.482 e. The fraction of sp³-hybridized carbons (Fsp3) is 0.556. The average molecular weight is 321 g/mol. The predicted octanol–water partition coefficient (Wildman–Crippen LogP) is 3.18. The quantitative estimate of drug-likeness (QED) is 0.758. The molecule has 0 fully saturated rings. The SMILES string of the molecule is CCC(CC(=O)N(C)Cc1ccc(OCC(=O)O)cc1)C(C)C. The Bertz CT molecular complexity index is 510. The highest BCUT2D eigenvalue weighted by Crippen LogP contribution is 2.20. The maximum absolute atomic E-state index is 12.3. The molecular formula is C18H27NO4. The molecule has 1 rings (SSSR count). The number of hydrogen-bond acceptors (Lipinski definition) is 3. The van der Waals surface area contributed by atoms with E-state index in [1.807, 2.05) is 19.2 Å². The number of carboxylic acids is 1. The van der Waals surface area contributed by atoms with E-state index in [4.69, 9.17) is 9.84 Å². The summed E-state index contributed by atoms with van der Waals surface area (Å²) in [5.41, 5.74) is 0.987. The lowest BCUT2D eigenvalue weighted by Gasteiger charge is -2.23. The monoisotopic (exact) mass is 321 g/mol. The largest absolute Gasteiger partial charge is 0.482 e. The van der Waals surface area contributed by atoms with E-state index in [0.29, 0.717) is 30.6 Å². The molecule has 0 saturated carbocycles. The van der Waals surface area contributed by atoms with Crippen LogP contribution in [0.15, 0.2) is 24.3 Å². The molecule has 5 nitrogen and oxygen atoms in total. The lowest BCUT2D eigenvalue weighted by molar-refractivity contribution is -0.139. The van der Waals surface area contributed by atoms with Crippen LogP contribution in [0.3, 0.4) is 0 Å². The molecule has 1 amide bonds. The van der Waals surface area contributed by atoms with Crippen molar-refractivity contribution in [3.8, 4) is 5.75 Å². The molecule has 23 heavy (non-hydrogen) atoms. The van der Waals surface area contributed by atoms with Crippen molar-refractivity contribution in [2.75, 3.05) is 13.7 Å². The Morgan fingerprint density at radius 1 is 1.22 bits per heavy atom. The Morgan fingerprint density at radius 3 is 2.30 bits per heavy atom. The fourth-order valence-electron chi connectivity index (χ4n) is 2.43. The smallest absolute Gasteiger partial charge is 0.341 e. The van der Waals surface area contributed by atoms with Crippen molar-refractivity contribution in [3.05, 3.63) is 29.8 Å². The van der Waals surface area contributed by atoms with Gasteiger partial charge in [0.1, 0.15) is 5.75 Å². The van der Waals surface area contributed by atoms with E-state index in [1.165, 1.54) is 0 Å². The second kappa shape index (κ2) is 9.18. The zero-order chi connectivity index (χ0) is 17.4. The summed E-state index contributed by atoms with van der Waals surface area (Å²) in [6.45, 7) is 6.60. The molecule has 0 aromatic heterocycles. The molecule has 0 radical (unpaired) electrons. The second-order valence-electron chi connectivity index (χ2n) is 6.19. The van der Waals surface area contributed by atoms with Gasteiger partial charge in [0.25, 0.3) is 0 Å². The van der Waals surface area contributed by atoms with Crippen LogP contribution in [0.4, 0.5) is 0 Å². The van der Waals surface area contributed by atoms with Crippen LogP contribution in [0.1, 0.15) is 39.2 Å². The molecule has 0 aliphatic carbocycles. The highest BCUT2D eigenvalue weighted by Gasteiger charge is 2.18. The molecule has 1 aromatic rings. The zero-order valence-corrected chi connectivity index (χ0v) is 14.4. The van der Waals surface area contributed by atoms with E-state index in [9.17, 15) is 9.59 Å². The molecule has 128 valence electrons. The van der Waals surface area contributed by atoms with Crippen LogP contribution in [0.25, 0.3) is 0 Å². The van der Waals surface area contributed by atoms with Crippen molar-refractivity contribution in [1.82, 2.24) is 4.90 Å². The zero-order valence-electron chi connectivity index (χ0n) is 14.4. The van der Waals surface area contributed by atoms with Crippen molar-refractivity contribution >= 4 is 11.9 Å². The highest BCUT2D eigenvalue weighted by molar-refractivity contribution is 5.76. The highest BCUT2D eigenvalue weighted by atomic mass is 16.5. The van der Waals surface area contributed by atoms with Crippen LogP contribution < -0.4 is 4.74 Å². The molecule has 1 N–H and O–H groups in total. The van der Waals surface area contributed by atoms with Crippen LogP contribution in [0, 0.1) is 11.8 Å². The first-order chi connectivity index (χ1) is 10.8. The van der Waals surface area contributed by atoms with E-state index >= 15 is 0 Å². The maximum Gasteiger partial charge on any atom is 0.341 e. The van der Waals surface area contributed by atoms with Crippen LogP contribution in [-0.2, 0) is 16.1 Å². The van der Waals surface area contributed by atoms with E-state index in [2.05, 4.69) is 20.8 Å². The predicted molar refractivity (Wildman–Crippen MR) is 89.3 cm³/mol. The molecule has 1 atom stereocenters. The molecular weight excluding hydrogens is 294 g/mol. The Kier molecular flexibility index (Phi) is 7.59. The number of carbonyl (C=O) groups is 2. The van der Waals surface area contributed by atoms with Crippen molar-refractivity contribution in [2.24, 2.45) is 11.8 Å². The first-order valence-corrected chi connectivity index (χ1v) is 8.01. The average Bonchev–Trinajstić information content (AvgIpc) is 2.51. The maximum atomic E-state index is 12.3. The molecule has 0 heterocycles. The first kappa shape index (κ1) is 19.0. The summed E-state index contributed by atoms with van der Waals surface area (Å²) in [5.74, 6) is 0.572. The molecule has 0 saturated heterocycles. The van der Waals surface area contributed by atoms with Gasteiger partial charge in [-0.2, -0.15) is 0 Å². The Hall–Kier alpha value is -2.04. The third-order valence-corrected chi connectivity index (χ3v) is 4.04. The van der Waals surface area contributed by atoms with E-state index in [-0.39, 0.29) is 12.5 Å². The number of carboxylic acid groups (broad SMARTS) is 1. The van der Waals surface area contributed by atoms with Gasteiger partial charge in [-0.3, -0.25) is 4.79 Å². The number of carbonyl (C=O) groups excluding carboxylic acids is 1. The first-order valence-electron chi connectivity index (χ1n) is 8.01. The van der Waals surface area contributed by atoms with Crippen LogP contribution in [0.5, 0.6) is 5.75 Å². The van der Waals surface area contributed by atoms with Crippen LogP contribution in [-0.4, -0.2) is 35.5 Å². The molecule has 5 heteroatoms. The summed E-state index contributed by atoms with van der Waals surface area (Å²) >= 11 is 0. The lowest BCUT2D eigenvalue weighted by Crippen LogP contribution is -2.29. The molecule has 1 unspecified atom stereocenters. The summed E-state index contributed by atoms with van der Waals surface area (Å²) in [6, 6.07) is 7.14. The summed E-state index contributed by atoms with van der Waals surface area (Å²) in [5, 5.41) is 8.57. The Labute approximate surface area is 138 Å². The van der Waals surface area contributed by atoms with E-state index in [1.54, 1.807) is 17.0 Å². The lowest BCUT2D eigenvalue weighted by atomic mass is 9.90. The molecule has 1 aromatic carbocycles. The number of aliphatic carboxylic acids is 1. The summed E-state index contributed by atoms with van der Waals surface area (Å²) in [4.78, 5) is 24.5. The van der Waals surface area contributed by atoms with Crippen LogP contribution in [0.2, 0.25) is 0 Å². The van der Waals surface area contributed by atoms with Gasteiger partial charge >= 0.3 is 5.97 Å². The number of hydrogen-bond donors (Lipinski definition) is 1. The molecule has 0 spiro atoms. The number of nitrogens with zero attached hydrogens (tertiary/aromatic N) is 1. The molecule has 0 bridgehead atoms. The van der Waals surface area contributed by atoms with E-state index < -0.39 is 5.97 Å². The van der Waals surface area contributed by atoms with Gasteiger partial charge in [0.2, 0.25) is 5.91 Å².